The van der Waals surface area contributed by atoms with Gasteiger partial charge in [0, 0.05) is 17.6 Å². The molecule has 4 aromatic rings. The van der Waals surface area contributed by atoms with E-state index in [4.69, 9.17) is 5.26 Å². The van der Waals surface area contributed by atoms with Crippen molar-refractivity contribution >= 4 is 28.7 Å². The first kappa shape index (κ1) is 18.8. The number of hydrogen-bond donors (Lipinski definition) is 2. The maximum atomic E-state index is 13.4. The van der Waals surface area contributed by atoms with Gasteiger partial charge in [-0.1, -0.05) is 12.1 Å². The van der Waals surface area contributed by atoms with Crippen LogP contribution in [0.2, 0.25) is 0 Å². The van der Waals surface area contributed by atoms with Gasteiger partial charge in [0.15, 0.2) is 5.69 Å². The van der Waals surface area contributed by atoms with Crippen LogP contribution in [-0.4, -0.2) is 21.2 Å². The second kappa shape index (κ2) is 7.85. The van der Waals surface area contributed by atoms with E-state index >= 15 is 0 Å². The van der Waals surface area contributed by atoms with Crippen LogP contribution >= 0.6 is 0 Å². The van der Waals surface area contributed by atoms with Gasteiger partial charge in [0.05, 0.1) is 17.1 Å². The Morgan fingerprint density at radius 1 is 0.933 bits per heavy atom. The van der Waals surface area contributed by atoms with Crippen LogP contribution in [0.3, 0.4) is 0 Å². The van der Waals surface area contributed by atoms with Crippen LogP contribution in [0.4, 0.5) is 15.8 Å². The van der Waals surface area contributed by atoms with Crippen molar-refractivity contribution in [2.75, 3.05) is 10.6 Å². The average molecular weight is 399 g/mol. The predicted octanol–water partition coefficient (Wildman–Crippen LogP) is 3.85. The number of aromatic nitrogens is 2. The van der Waals surface area contributed by atoms with Crippen molar-refractivity contribution in [3.05, 3.63) is 95.8 Å². The van der Waals surface area contributed by atoms with Crippen LogP contribution < -0.4 is 10.6 Å². The van der Waals surface area contributed by atoms with Crippen LogP contribution in [0.1, 0.15) is 26.7 Å². The molecule has 0 saturated carbocycles. The maximum absolute atomic E-state index is 13.4. The largest absolute Gasteiger partial charge is 0.321 e. The summed E-state index contributed by atoms with van der Waals surface area (Å²) in [5.41, 5.74) is 1.73. The minimum atomic E-state index is -0.584. The predicted molar refractivity (Wildman–Crippen MR) is 109 cm³/mol. The van der Waals surface area contributed by atoms with Crippen molar-refractivity contribution in [1.29, 1.82) is 5.26 Å². The number of nitrogens with one attached hydrogen (secondary N) is 2. The number of fused-ring (bicyclic) bond motifs is 1. The zero-order valence-corrected chi connectivity index (χ0v) is 15.5. The number of nitrogens with zero attached hydrogens (tertiary/aromatic N) is 3. The number of rotatable bonds is 4. The highest BCUT2D eigenvalue weighted by atomic mass is 19.1. The quantitative estimate of drug-likeness (QED) is 0.544. The molecule has 2 amide bonds. The topological polar surface area (TPSA) is 99.3 Å². The van der Waals surface area contributed by atoms with Crippen LogP contribution in [0, 0.1) is 17.1 Å². The van der Waals surface area contributed by atoms with E-state index in [1.165, 1.54) is 22.6 Å². The summed E-state index contributed by atoms with van der Waals surface area (Å²) in [6.45, 7) is 0. The summed E-state index contributed by atoms with van der Waals surface area (Å²) < 4.78 is 14.9. The lowest BCUT2D eigenvalue weighted by Gasteiger charge is -2.04. The molecule has 30 heavy (non-hydrogen) atoms. The van der Waals surface area contributed by atoms with E-state index in [0.717, 1.165) is 0 Å². The Kier molecular flexibility index (Phi) is 4.93. The molecule has 2 aromatic heterocycles. The number of halogens is 1. The molecule has 0 unspecified atom stereocenters. The number of carbonyl (C=O) groups excluding carboxylic acids is 2. The summed E-state index contributed by atoms with van der Waals surface area (Å²) >= 11 is 0. The van der Waals surface area contributed by atoms with E-state index in [9.17, 15) is 14.0 Å². The molecule has 2 aromatic carbocycles. The summed E-state index contributed by atoms with van der Waals surface area (Å²) in [7, 11) is 0. The van der Waals surface area contributed by atoms with Gasteiger partial charge in [-0.05, 0) is 54.6 Å². The maximum Gasteiger partial charge on any atom is 0.292 e. The summed E-state index contributed by atoms with van der Waals surface area (Å²) in [6, 6.07) is 19.0. The second-order valence-electron chi connectivity index (χ2n) is 6.35. The summed E-state index contributed by atoms with van der Waals surface area (Å²) in [4.78, 5) is 29.7. The first-order valence-corrected chi connectivity index (χ1v) is 8.90. The van der Waals surface area contributed by atoms with Gasteiger partial charge in [0.25, 0.3) is 11.8 Å². The van der Waals surface area contributed by atoms with E-state index in [0.29, 0.717) is 16.8 Å². The minimum absolute atomic E-state index is 0.0140. The molecule has 0 spiro atoms. The Hall–Kier alpha value is -4.51. The van der Waals surface area contributed by atoms with Gasteiger partial charge in [-0.3, -0.25) is 14.0 Å². The molecule has 146 valence electrons. The normalized spacial score (nSPS) is 10.4. The number of nitriles is 1. The molecule has 7 nitrogen and oxygen atoms in total. The zero-order chi connectivity index (χ0) is 21.1. The first-order chi connectivity index (χ1) is 14.5. The van der Waals surface area contributed by atoms with Gasteiger partial charge < -0.3 is 10.6 Å². The van der Waals surface area contributed by atoms with E-state index in [1.54, 1.807) is 54.7 Å². The molecule has 8 heteroatoms. The molecule has 0 radical (unpaired) electrons. The number of amides is 2. The lowest BCUT2D eigenvalue weighted by Crippen LogP contribution is -2.16. The molecule has 2 heterocycles. The van der Waals surface area contributed by atoms with Crippen molar-refractivity contribution in [1.82, 2.24) is 9.38 Å². The second-order valence-corrected chi connectivity index (χ2v) is 6.35. The van der Waals surface area contributed by atoms with Gasteiger partial charge in [-0.2, -0.15) is 5.26 Å². The number of hydrogen-bond acceptors (Lipinski definition) is 4. The van der Waals surface area contributed by atoms with E-state index < -0.39 is 17.6 Å². The van der Waals surface area contributed by atoms with Crippen molar-refractivity contribution in [3.8, 4) is 6.07 Å². The first-order valence-electron chi connectivity index (χ1n) is 8.90. The summed E-state index contributed by atoms with van der Waals surface area (Å²) in [5, 5.41) is 14.2. The average Bonchev–Trinajstić information content (AvgIpc) is 3.14. The SMILES string of the molecule is N#Cc1ccc(NC(=O)c2nc(C(=O)Nc3cccc(F)c3)n3ccccc23)cc1. The smallest absolute Gasteiger partial charge is 0.292 e. The minimum Gasteiger partial charge on any atom is -0.321 e. The fourth-order valence-corrected chi connectivity index (χ4v) is 2.94. The fourth-order valence-electron chi connectivity index (χ4n) is 2.94. The molecule has 0 aliphatic heterocycles. The highest BCUT2D eigenvalue weighted by Gasteiger charge is 2.21. The third-order valence-corrected chi connectivity index (χ3v) is 4.32. The molecular formula is C22H14FN5O2. The molecule has 0 aliphatic carbocycles. The van der Waals surface area contributed by atoms with Gasteiger partial charge in [-0.15, -0.1) is 0 Å². The Morgan fingerprint density at radius 2 is 1.70 bits per heavy atom. The molecular weight excluding hydrogens is 385 g/mol. The Balaban J connectivity index is 1.65. The number of benzene rings is 2. The highest BCUT2D eigenvalue weighted by molar-refractivity contribution is 6.10. The van der Waals surface area contributed by atoms with Crippen LogP contribution in [0.5, 0.6) is 0 Å². The number of anilines is 2. The van der Waals surface area contributed by atoms with Gasteiger partial charge in [0.2, 0.25) is 5.82 Å². The monoisotopic (exact) mass is 399 g/mol. The fraction of sp³-hybridized carbons (Fsp3) is 0. The number of imidazole rings is 1. The Morgan fingerprint density at radius 3 is 2.43 bits per heavy atom. The van der Waals surface area contributed by atoms with E-state index in [2.05, 4.69) is 15.6 Å². The highest BCUT2D eigenvalue weighted by Crippen LogP contribution is 2.18. The standard InChI is InChI=1S/C22H14FN5O2/c23-15-4-3-5-17(12-15)26-22(30)20-27-19(18-6-1-2-11-28(18)20)21(29)25-16-9-7-14(13-24)8-10-16/h1-12H,(H,25,29)(H,26,30). The van der Waals surface area contributed by atoms with E-state index in [-0.39, 0.29) is 17.2 Å². The lowest BCUT2D eigenvalue weighted by atomic mass is 10.2. The molecule has 0 atom stereocenters. The van der Waals surface area contributed by atoms with Crippen molar-refractivity contribution in [2.24, 2.45) is 0 Å². The molecule has 2 N–H and O–H groups in total. The van der Waals surface area contributed by atoms with Crippen LogP contribution in [0.15, 0.2) is 72.9 Å². The van der Waals surface area contributed by atoms with Gasteiger partial charge >= 0.3 is 0 Å². The summed E-state index contributed by atoms with van der Waals surface area (Å²) in [5.74, 6) is -1.59. The molecule has 4 rings (SSSR count). The lowest BCUT2D eigenvalue weighted by molar-refractivity contribution is 0.101. The van der Waals surface area contributed by atoms with Crippen molar-refractivity contribution < 1.29 is 14.0 Å². The van der Waals surface area contributed by atoms with Crippen LogP contribution in [-0.2, 0) is 0 Å². The van der Waals surface area contributed by atoms with E-state index in [1.807, 2.05) is 6.07 Å². The molecule has 0 bridgehead atoms. The van der Waals surface area contributed by atoms with Crippen molar-refractivity contribution in [2.45, 2.75) is 0 Å². The number of carbonyl (C=O) groups is 2. The van der Waals surface area contributed by atoms with Gasteiger partial charge in [0.1, 0.15) is 5.82 Å². The third-order valence-electron chi connectivity index (χ3n) is 4.32. The zero-order valence-electron chi connectivity index (χ0n) is 15.5. The Bertz CT molecular complexity index is 1310. The van der Waals surface area contributed by atoms with Crippen LogP contribution in [0.25, 0.3) is 5.52 Å². The molecule has 0 saturated heterocycles. The summed E-state index contributed by atoms with van der Waals surface area (Å²) in [6.07, 6.45) is 1.61. The number of pyridine rings is 1. The Labute approximate surface area is 170 Å². The molecule has 0 aliphatic rings. The van der Waals surface area contributed by atoms with Gasteiger partial charge in [-0.25, -0.2) is 9.37 Å². The van der Waals surface area contributed by atoms with Crippen molar-refractivity contribution in [3.63, 3.8) is 0 Å². The third kappa shape index (κ3) is 3.72. The molecule has 0 fully saturated rings.